The third kappa shape index (κ3) is 1.91. The lowest BCUT2D eigenvalue weighted by molar-refractivity contribution is 0.351. The highest BCUT2D eigenvalue weighted by Crippen LogP contribution is 2.47. The topological polar surface area (TPSA) is 30.5 Å². The smallest absolute Gasteiger partial charge is 0.137 e. The van der Waals surface area contributed by atoms with Crippen LogP contribution in [0.25, 0.3) is 0 Å². The molecule has 98 valence electrons. The van der Waals surface area contributed by atoms with Crippen molar-refractivity contribution in [2.24, 2.45) is 0 Å². The number of benzene rings is 1. The van der Waals surface area contributed by atoms with Crippen molar-refractivity contribution < 1.29 is 9.47 Å². The van der Waals surface area contributed by atoms with Crippen LogP contribution in [0.3, 0.4) is 0 Å². The molecule has 3 nitrogen and oxygen atoms in total. The lowest BCUT2D eigenvalue weighted by Crippen LogP contribution is -2.22. The van der Waals surface area contributed by atoms with Gasteiger partial charge in [0.2, 0.25) is 0 Å². The quantitative estimate of drug-likeness (QED) is 0.931. The van der Waals surface area contributed by atoms with Crippen LogP contribution in [0.2, 0.25) is 0 Å². The highest BCUT2D eigenvalue weighted by Gasteiger charge is 2.30. The van der Waals surface area contributed by atoms with Crippen LogP contribution in [0.1, 0.15) is 30.5 Å². The summed E-state index contributed by atoms with van der Waals surface area (Å²) in [4.78, 5) is 0. The zero-order chi connectivity index (χ0) is 12.7. The molecule has 0 aromatic heterocycles. The minimum absolute atomic E-state index is 0.476. The predicted molar refractivity (Wildman–Crippen MR) is 74.5 cm³/mol. The van der Waals surface area contributed by atoms with Gasteiger partial charge in [0.1, 0.15) is 11.5 Å². The molecule has 0 amide bonds. The second-order valence-corrected chi connectivity index (χ2v) is 5.93. The van der Waals surface area contributed by atoms with Crippen molar-refractivity contribution in [3.63, 3.8) is 0 Å². The van der Waals surface area contributed by atoms with Gasteiger partial charge in [-0.25, -0.2) is 0 Å². The predicted octanol–water partition coefficient (Wildman–Crippen LogP) is 2.82. The summed E-state index contributed by atoms with van der Waals surface area (Å²) in [6.07, 6.45) is 1.96. The van der Waals surface area contributed by atoms with E-state index in [9.17, 15) is 0 Å². The zero-order valence-corrected chi connectivity index (χ0v) is 12.4. The van der Waals surface area contributed by atoms with Crippen LogP contribution < -0.4 is 14.8 Å². The lowest BCUT2D eigenvalue weighted by atomic mass is 9.99. The Kier molecular flexibility index (Phi) is 3.24. The molecule has 0 spiro atoms. The minimum atomic E-state index is 0.476. The average molecular weight is 312 g/mol. The van der Waals surface area contributed by atoms with Crippen LogP contribution in [0, 0.1) is 0 Å². The Morgan fingerprint density at radius 1 is 1.11 bits per heavy atom. The number of rotatable bonds is 3. The highest BCUT2D eigenvalue weighted by atomic mass is 79.9. The Balaban J connectivity index is 2.06. The number of halogens is 1. The van der Waals surface area contributed by atoms with Crippen LogP contribution in [0.5, 0.6) is 11.5 Å². The second kappa shape index (κ2) is 4.74. The van der Waals surface area contributed by atoms with Gasteiger partial charge in [-0.3, -0.25) is 0 Å². The van der Waals surface area contributed by atoms with E-state index in [1.165, 1.54) is 16.7 Å². The van der Waals surface area contributed by atoms with Gasteiger partial charge in [-0.05, 0) is 15.9 Å². The Morgan fingerprint density at radius 2 is 1.78 bits per heavy atom. The fraction of sp³-hybridized carbons (Fsp3) is 0.571. The molecule has 0 aliphatic carbocycles. The van der Waals surface area contributed by atoms with Gasteiger partial charge in [-0.2, -0.15) is 0 Å². The molecule has 2 heterocycles. The van der Waals surface area contributed by atoms with Gasteiger partial charge in [0.15, 0.2) is 0 Å². The van der Waals surface area contributed by atoms with E-state index in [2.05, 4.69) is 35.1 Å². The summed E-state index contributed by atoms with van der Waals surface area (Å²) in [5.41, 5.74) is 3.89. The molecule has 0 fully saturated rings. The van der Waals surface area contributed by atoms with Gasteiger partial charge in [-0.15, -0.1) is 0 Å². The Labute approximate surface area is 116 Å². The maximum absolute atomic E-state index is 5.84. The molecule has 0 atom stereocenters. The molecule has 0 radical (unpaired) electrons. The molecular weight excluding hydrogens is 294 g/mol. The van der Waals surface area contributed by atoms with Crippen molar-refractivity contribution in [2.75, 3.05) is 13.2 Å². The first-order valence-electron chi connectivity index (χ1n) is 6.53. The van der Waals surface area contributed by atoms with Crippen LogP contribution in [0.15, 0.2) is 4.47 Å². The number of hydrogen-bond donors (Lipinski definition) is 1. The number of nitrogens with one attached hydrogen (secondary N) is 1. The Hall–Kier alpha value is -0.740. The molecule has 1 aromatic rings. The molecule has 4 heteroatoms. The first-order chi connectivity index (χ1) is 8.68. The van der Waals surface area contributed by atoms with E-state index in [0.29, 0.717) is 6.04 Å². The zero-order valence-electron chi connectivity index (χ0n) is 10.8. The number of fused-ring (bicyclic) bond motifs is 2. The summed E-state index contributed by atoms with van der Waals surface area (Å²) in [7, 11) is 0. The van der Waals surface area contributed by atoms with Crippen LogP contribution in [0.4, 0.5) is 0 Å². The molecule has 0 saturated heterocycles. The lowest BCUT2D eigenvalue weighted by Gasteiger charge is -2.16. The van der Waals surface area contributed by atoms with Crippen LogP contribution in [-0.2, 0) is 19.4 Å². The number of ether oxygens (including phenoxy) is 2. The summed E-state index contributed by atoms with van der Waals surface area (Å²) in [5, 5.41) is 3.49. The fourth-order valence-corrected chi connectivity index (χ4v) is 3.37. The third-order valence-corrected chi connectivity index (χ3v) is 4.37. The SMILES string of the molecule is CC(C)NCc1c2c(c(Br)c3c1OCC3)OCC2. The van der Waals surface area contributed by atoms with E-state index >= 15 is 0 Å². The van der Waals surface area contributed by atoms with Gasteiger partial charge in [-0.1, -0.05) is 13.8 Å². The molecule has 1 N–H and O–H groups in total. The molecule has 1 aromatic carbocycles. The largest absolute Gasteiger partial charge is 0.493 e. The van der Waals surface area contributed by atoms with Gasteiger partial charge in [0.05, 0.1) is 17.7 Å². The van der Waals surface area contributed by atoms with Crippen molar-refractivity contribution in [3.8, 4) is 11.5 Å². The maximum Gasteiger partial charge on any atom is 0.137 e. The van der Waals surface area contributed by atoms with E-state index in [0.717, 1.165) is 48.6 Å². The summed E-state index contributed by atoms with van der Waals surface area (Å²) in [6, 6.07) is 0.476. The normalized spacial score (nSPS) is 16.4. The highest BCUT2D eigenvalue weighted by molar-refractivity contribution is 9.10. The number of hydrogen-bond acceptors (Lipinski definition) is 3. The van der Waals surface area contributed by atoms with E-state index in [1.807, 2.05) is 0 Å². The third-order valence-electron chi connectivity index (χ3n) is 3.53. The monoisotopic (exact) mass is 311 g/mol. The summed E-state index contributed by atoms with van der Waals surface area (Å²) >= 11 is 3.67. The van der Waals surface area contributed by atoms with E-state index < -0.39 is 0 Å². The van der Waals surface area contributed by atoms with Crippen molar-refractivity contribution in [1.29, 1.82) is 0 Å². The molecule has 3 rings (SSSR count). The molecule has 2 aliphatic rings. The molecule has 0 unspecified atom stereocenters. The molecule has 0 saturated carbocycles. The molecular formula is C14H18BrNO2. The van der Waals surface area contributed by atoms with Gasteiger partial charge in [0, 0.05) is 42.1 Å². The van der Waals surface area contributed by atoms with Gasteiger partial charge >= 0.3 is 0 Å². The first kappa shape index (κ1) is 12.3. The van der Waals surface area contributed by atoms with E-state index in [1.54, 1.807) is 0 Å². The molecule has 18 heavy (non-hydrogen) atoms. The van der Waals surface area contributed by atoms with Crippen molar-refractivity contribution in [1.82, 2.24) is 5.32 Å². The van der Waals surface area contributed by atoms with Crippen molar-refractivity contribution in [3.05, 3.63) is 21.2 Å². The second-order valence-electron chi connectivity index (χ2n) is 5.14. The van der Waals surface area contributed by atoms with Crippen molar-refractivity contribution in [2.45, 2.75) is 39.3 Å². The fourth-order valence-electron chi connectivity index (χ4n) is 2.64. The van der Waals surface area contributed by atoms with Crippen LogP contribution in [-0.4, -0.2) is 19.3 Å². The minimum Gasteiger partial charge on any atom is -0.493 e. The molecule has 0 bridgehead atoms. The van der Waals surface area contributed by atoms with Gasteiger partial charge in [0.25, 0.3) is 0 Å². The standard InChI is InChI=1S/C14H18BrNO2/c1-8(2)16-7-11-9-3-5-18-14(9)12(15)10-4-6-17-13(10)11/h8,16H,3-7H2,1-2H3. The van der Waals surface area contributed by atoms with E-state index in [-0.39, 0.29) is 0 Å². The summed E-state index contributed by atoms with van der Waals surface area (Å²) in [6.45, 7) is 6.75. The van der Waals surface area contributed by atoms with Crippen LogP contribution >= 0.6 is 15.9 Å². The first-order valence-corrected chi connectivity index (χ1v) is 7.33. The molecule has 2 aliphatic heterocycles. The van der Waals surface area contributed by atoms with E-state index in [4.69, 9.17) is 9.47 Å². The van der Waals surface area contributed by atoms with Gasteiger partial charge < -0.3 is 14.8 Å². The maximum atomic E-state index is 5.84. The van der Waals surface area contributed by atoms with Crippen molar-refractivity contribution >= 4 is 15.9 Å². The average Bonchev–Trinajstić information content (AvgIpc) is 2.95. The Morgan fingerprint density at radius 3 is 2.50 bits per heavy atom. The summed E-state index contributed by atoms with van der Waals surface area (Å²) < 4.78 is 12.7. The summed E-state index contributed by atoms with van der Waals surface area (Å²) in [5.74, 6) is 2.12. The Bertz CT molecular complexity index is 450.